The quantitative estimate of drug-likeness (QED) is 0.740. The molecule has 0 fully saturated rings. The Balaban J connectivity index is 2.45. The molecule has 0 atom stereocenters. The van der Waals surface area contributed by atoms with Gasteiger partial charge >= 0.3 is 0 Å². The fourth-order valence-corrected chi connectivity index (χ4v) is 2.68. The van der Waals surface area contributed by atoms with Crippen LogP contribution in [0.4, 0.5) is 0 Å². The van der Waals surface area contributed by atoms with Crippen molar-refractivity contribution in [2.24, 2.45) is 5.73 Å². The number of nitrogens with two attached hydrogens (primary N) is 1. The van der Waals surface area contributed by atoms with Crippen molar-refractivity contribution in [3.05, 3.63) is 56.0 Å². The zero-order valence-electron chi connectivity index (χ0n) is 9.89. The number of benzene rings is 2. The summed E-state index contributed by atoms with van der Waals surface area (Å²) in [4.78, 5) is 0. The lowest BCUT2D eigenvalue weighted by Crippen LogP contribution is -2.03. The molecule has 100 valence electrons. The zero-order chi connectivity index (χ0) is 14.0. The van der Waals surface area contributed by atoms with E-state index in [9.17, 15) is 0 Å². The van der Waals surface area contributed by atoms with Crippen LogP contribution in [0.1, 0.15) is 5.56 Å². The van der Waals surface area contributed by atoms with Crippen molar-refractivity contribution in [1.29, 1.82) is 0 Å². The van der Waals surface area contributed by atoms with Gasteiger partial charge in [0.05, 0.1) is 15.1 Å². The van der Waals surface area contributed by atoms with Crippen molar-refractivity contribution >= 4 is 46.4 Å². The molecule has 0 radical (unpaired) electrons. The highest BCUT2D eigenvalue weighted by Crippen LogP contribution is 2.36. The van der Waals surface area contributed by atoms with E-state index in [1.807, 2.05) is 18.2 Å². The molecule has 0 spiro atoms. The summed E-state index contributed by atoms with van der Waals surface area (Å²) in [5, 5.41) is 1.89. The second-order valence-electron chi connectivity index (χ2n) is 4.10. The van der Waals surface area contributed by atoms with Gasteiger partial charge in [0, 0.05) is 5.02 Å². The zero-order valence-corrected chi connectivity index (χ0v) is 12.9. The lowest BCUT2D eigenvalue weighted by Gasteiger charge is -2.09. The predicted octanol–water partition coefficient (Wildman–Crippen LogP) is 5.47. The molecule has 1 nitrogen and oxygen atoms in total. The van der Waals surface area contributed by atoms with Gasteiger partial charge in [0.15, 0.2) is 0 Å². The van der Waals surface area contributed by atoms with E-state index in [-0.39, 0.29) is 0 Å². The Bertz CT molecular complexity index is 587. The third-order valence-corrected chi connectivity index (χ3v) is 4.33. The van der Waals surface area contributed by atoms with E-state index in [1.165, 1.54) is 0 Å². The minimum Gasteiger partial charge on any atom is -0.330 e. The first kappa shape index (κ1) is 15.0. The van der Waals surface area contributed by atoms with E-state index < -0.39 is 0 Å². The molecule has 19 heavy (non-hydrogen) atoms. The van der Waals surface area contributed by atoms with Gasteiger partial charge in [0.25, 0.3) is 0 Å². The van der Waals surface area contributed by atoms with Crippen molar-refractivity contribution in [3.8, 4) is 11.1 Å². The average Bonchev–Trinajstić information content (AvgIpc) is 2.38. The van der Waals surface area contributed by atoms with Crippen molar-refractivity contribution in [1.82, 2.24) is 0 Å². The lowest BCUT2D eigenvalue weighted by atomic mass is 10.0. The van der Waals surface area contributed by atoms with E-state index in [4.69, 9.17) is 52.1 Å². The van der Waals surface area contributed by atoms with Crippen LogP contribution in [0.15, 0.2) is 30.3 Å². The maximum atomic E-state index is 6.22. The first-order valence-corrected chi connectivity index (χ1v) is 7.17. The standard InChI is InChI=1S/C14H11Cl4N/c15-11-5-9(2-1-8(11)3-4-19)10-6-12(16)14(18)13(17)7-10/h1-2,5-7H,3-4,19H2. The summed E-state index contributed by atoms with van der Waals surface area (Å²) in [6.45, 7) is 0.567. The first-order valence-electron chi connectivity index (χ1n) is 5.66. The third-order valence-electron chi connectivity index (χ3n) is 2.78. The maximum absolute atomic E-state index is 6.22. The molecule has 0 heterocycles. The summed E-state index contributed by atoms with van der Waals surface area (Å²) >= 11 is 24.2. The van der Waals surface area contributed by atoms with Crippen LogP contribution in [-0.4, -0.2) is 6.54 Å². The minimum absolute atomic E-state index is 0.359. The second kappa shape index (κ2) is 6.34. The van der Waals surface area contributed by atoms with Crippen molar-refractivity contribution in [2.75, 3.05) is 6.54 Å². The van der Waals surface area contributed by atoms with E-state index in [0.29, 0.717) is 26.6 Å². The van der Waals surface area contributed by atoms with E-state index in [1.54, 1.807) is 12.1 Å². The number of rotatable bonds is 3. The Labute approximate surface area is 132 Å². The number of hydrogen-bond acceptors (Lipinski definition) is 1. The molecule has 2 N–H and O–H groups in total. The van der Waals surface area contributed by atoms with Crippen LogP contribution in [0.2, 0.25) is 20.1 Å². The molecular formula is C14H11Cl4N. The first-order chi connectivity index (χ1) is 9.02. The molecule has 2 aromatic carbocycles. The Morgan fingerprint density at radius 1 is 0.789 bits per heavy atom. The van der Waals surface area contributed by atoms with Gasteiger partial charge in [-0.25, -0.2) is 0 Å². The fourth-order valence-electron chi connectivity index (χ4n) is 1.81. The van der Waals surface area contributed by atoms with Crippen LogP contribution in [0.3, 0.4) is 0 Å². The van der Waals surface area contributed by atoms with E-state index in [0.717, 1.165) is 23.1 Å². The highest BCUT2D eigenvalue weighted by Gasteiger charge is 2.09. The minimum atomic E-state index is 0.359. The van der Waals surface area contributed by atoms with Crippen molar-refractivity contribution in [3.63, 3.8) is 0 Å². The van der Waals surface area contributed by atoms with Gasteiger partial charge in [-0.1, -0.05) is 58.5 Å². The molecule has 0 aliphatic rings. The Hall–Kier alpha value is -0.440. The van der Waals surface area contributed by atoms with Gasteiger partial charge in [-0.15, -0.1) is 0 Å². The van der Waals surface area contributed by atoms with E-state index in [2.05, 4.69) is 0 Å². The van der Waals surface area contributed by atoms with Gasteiger partial charge in [0.1, 0.15) is 0 Å². The molecule has 0 bridgehead atoms. The molecule has 0 amide bonds. The molecule has 0 aliphatic heterocycles. The highest BCUT2D eigenvalue weighted by molar-refractivity contribution is 6.48. The fraction of sp³-hybridized carbons (Fsp3) is 0.143. The maximum Gasteiger partial charge on any atom is 0.0778 e. The van der Waals surface area contributed by atoms with Crippen LogP contribution in [0, 0.1) is 0 Å². The summed E-state index contributed by atoms with van der Waals surface area (Å²) in [6, 6.07) is 9.34. The molecule has 5 heteroatoms. The highest BCUT2D eigenvalue weighted by atomic mass is 35.5. The third kappa shape index (κ3) is 3.36. The molecule has 2 aromatic rings. The average molecular weight is 335 g/mol. The van der Waals surface area contributed by atoms with Crippen molar-refractivity contribution < 1.29 is 0 Å². The number of hydrogen-bond donors (Lipinski definition) is 1. The number of halogens is 4. The van der Waals surface area contributed by atoms with Crippen LogP contribution < -0.4 is 5.73 Å². The Kier molecular flexibility index (Phi) is 4.99. The molecule has 2 rings (SSSR count). The molecule has 0 unspecified atom stereocenters. The van der Waals surface area contributed by atoms with Crippen molar-refractivity contribution in [2.45, 2.75) is 6.42 Å². The summed E-state index contributed by atoms with van der Waals surface area (Å²) in [6.07, 6.45) is 0.751. The Morgan fingerprint density at radius 2 is 1.37 bits per heavy atom. The second-order valence-corrected chi connectivity index (χ2v) is 5.70. The molecule has 0 aliphatic carbocycles. The van der Waals surface area contributed by atoms with Gasteiger partial charge in [-0.3, -0.25) is 0 Å². The topological polar surface area (TPSA) is 26.0 Å². The van der Waals surface area contributed by atoms with E-state index >= 15 is 0 Å². The Morgan fingerprint density at radius 3 is 1.89 bits per heavy atom. The summed E-state index contributed by atoms with van der Waals surface area (Å²) < 4.78 is 0. The van der Waals surface area contributed by atoms with Gasteiger partial charge in [-0.2, -0.15) is 0 Å². The molecule has 0 aromatic heterocycles. The smallest absolute Gasteiger partial charge is 0.0778 e. The van der Waals surface area contributed by atoms with Gasteiger partial charge < -0.3 is 5.73 Å². The predicted molar refractivity (Wildman–Crippen MR) is 84.7 cm³/mol. The molecular weight excluding hydrogens is 324 g/mol. The normalized spacial score (nSPS) is 10.8. The van der Waals surface area contributed by atoms with Gasteiger partial charge in [0.2, 0.25) is 0 Å². The monoisotopic (exact) mass is 333 g/mol. The molecule has 0 saturated heterocycles. The largest absolute Gasteiger partial charge is 0.330 e. The molecule has 0 saturated carbocycles. The summed E-state index contributed by atoms with van der Waals surface area (Å²) in [5.41, 5.74) is 8.37. The van der Waals surface area contributed by atoms with Crippen LogP contribution >= 0.6 is 46.4 Å². The van der Waals surface area contributed by atoms with Crippen LogP contribution in [0.25, 0.3) is 11.1 Å². The SMILES string of the molecule is NCCc1ccc(-c2cc(Cl)c(Cl)c(Cl)c2)cc1Cl. The lowest BCUT2D eigenvalue weighted by molar-refractivity contribution is 0.969. The summed E-state index contributed by atoms with van der Waals surface area (Å²) in [5.74, 6) is 0. The summed E-state index contributed by atoms with van der Waals surface area (Å²) in [7, 11) is 0. The van der Waals surface area contributed by atoms with Crippen LogP contribution in [0.5, 0.6) is 0 Å². The van der Waals surface area contributed by atoms with Gasteiger partial charge in [-0.05, 0) is 47.9 Å². The van der Waals surface area contributed by atoms with Crippen LogP contribution in [-0.2, 0) is 6.42 Å².